The van der Waals surface area contributed by atoms with Crippen LogP contribution >= 0.6 is 11.3 Å². The van der Waals surface area contributed by atoms with Gasteiger partial charge in [0.2, 0.25) is 0 Å². The number of ether oxygens (including phenoxy) is 2. The number of hydrogen-bond acceptors (Lipinski definition) is 6. The van der Waals surface area contributed by atoms with Gasteiger partial charge in [-0.1, -0.05) is 13.8 Å². The van der Waals surface area contributed by atoms with E-state index >= 15 is 0 Å². The summed E-state index contributed by atoms with van der Waals surface area (Å²) in [6.07, 6.45) is -0.777. The largest absolute Gasteiger partial charge is 0.497 e. The van der Waals surface area contributed by atoms with Crippen LogP contribution in [0.25, 0.3) is 0 Å². The maximum Gasteiger partial charge on any atom is 0.191 e. The first-order valence-electron chi connectivity index (χ1n) is 9.34. The second-order valence-electron chi connectivity index (χ2n) is 6.52. The van der Waals surface area contributed by atoms with E-state index in [-0.39, 0.29) is 6.54 Å². The molecule has 0 amide bonds. The zero-order chi connectivity index (χ0) is 20.5. The molecule has 1 atom stereocenters. The van der Waals surface area contributed by atoms with E-state index < -0.39 is 6.10 Å². The lowest BCUT2D eigenvalue weighted by Gasteiger charge is -2.18. The van der Waals surface area contributed by atoms with Gasteiger partial charge in [0, 0.05) is 24.0 Å². The fraction of sp³-hybridized carbons (Fsp3) is 0.500. The van der Waals surface area contributed by atoms with Crippen LogP contribution in [0.15, 0.2) is 28.6 Å². The number of methoxy groups -OCH3 is 2. The van der Waals surface area contributed by atoms with Crippen molar-refractivity contribution in [1.29, 1.82) is 0 Å². The Hall–Kier alpha value is -2.32. The van der Waals surface area contributed by atoms with Crippen molar-refractivity contribution in [2.75, 3.05) is 27.3 Å². The number of benzene rings is 1. The van der Waals surface area contributed by atoms with E-state index in [0.717, 1.165) is 17.2 Å². The molecular weight excluding hydrogens is 376 g/mol. The highest BCUT2D eigenvalue weighted by Gasteiger charge is 2.15. The number of aliphatic hydroxyl groups is 1. The molecule has 1 heterocycles. The van der Waals surface area contributed by atoms with E-state index in [0.29, 0.717) is 35.5 Å². The van der Waals surface area contributed by atoms with Gasteiger partial charge in [-0.15, -0.1) is 11.3 Å². The molecule has 1 aromatic carbocycles. The lowest BCUT2D eigenvalue weighted by molar-refractivity contribution is 0.176. The maximum atomic E-state index is 10.6. The molecule has 154 valence electrons. The fourth-order valence-electron chi connectivity index (χ4n) is 2.55. The van der Waals surface area contributed by atoms with E-state index in [1.807, 2.05) is 6.92 Å². The highest BCUT2D eigenvalue weighted by molar-refractivity contribution is 7.09. The van der Waals surface area contributed by atoms with Gasteiger partial charge in [-0.2, -0.15) is 0 Å². The summed E-state index contributed by atoms with van der Waals surface area (Å²) in [5, 5.41) is 20.0. The van der Waals surface area contributed by atoms with Crippen LogP contribution in [-0.4, -0.2) is 43.4 Å². The molecule has 2 rings (SSSR count). The Morgan fingerprint density at radius 3 is 2.64 bits per heavy atom. The molecule has 8 heteroatoms. The summed E-state index contributed by atoms with van der Waals surface area (Å²) in [5.74, 6) is 2.32. The Balaban J connectivity index is 2.03. The smallest absolute Gasteiger partial charge is 0.191 e. The lowest BCUT2D eigenvalue weighted by Crippen LogP contribution is -2.39. The van der Waals surface area contributed by atoms with Gasteiger partial charge >= 0.3 is 0 Å². The molecule has 7 nitrogen and oxygen atoms in total. The van der Waals surface area contributed by atoms with Gasteiger partial charge in [-0.25, -0.2) is 9.98 Å². The van der Waals surface area contributed by atoms with Gasteiger partial charge in [-0.3, -0.25) is 0 Å². The first kappa shape index (κ1) is 22.0. The summed E-state index contributed by atoms with van der Waals surface area (Å²) in [7, 11) is 3.17. The molecular formula is C20H30N4O3S. The van der Waals surface area contributed by atoms with E-state index in [1.54, 1.807) is 43.8 Å². The van der Waals surface area contributed by atoms with Crippen molar-refractivity contribution in [1.82, 2.24) is 15.6 Å². The van der Waals surface area contributed by atoms with Gasteiger partial charge < -0.3 is 25.2 Å². The predicted molar refractivity (Wildman–Crippen MR) is 114 cm³/mol. The van der Waals surface area contributed by atoms with Gasteiger partial charge in [0.1, 0.15) is 16.5 Å². The van der Waals surface area contributed by atoms with Gasteiger partial charge in [0.15, 0.2) is 5.96 Å². The molecule has 0 radical (unpaired) electrons. The molecule has 3 N–H and O–H groups in total. The summed E-state index contributed by atoms with van der Waals surface area (Å²) < 4.78 is 10.6. The number of thiazole rings is 1. The number of aliphatic hydroxyl groups excluding tert-OH is 1. The Morgan fingerprint density at radius 1 is 1.25 bits per heavy atom. The molecule has 2 aromatic rings. The summed E-state index contributed by atoms with van der Waals surface area (Å²) in [6.45, 7) is 7.75. The Labute approximate surface area is 170 Å². The number of guanidine groups is 1. The lowest BCUT2D eigenvalue weighted by atomic mass is 10.1. The molecule has 0 aliphatic rings. The minimum atomic E-state index is -0.777. The minimum absolute atomic E-state index is 0.282. The van der Waals surface area contributed by atoms with Crippen LogP contribution in [0.4, 0.5) is 0 Å². The quantitative estimate of drug-likeness (QED) is 0.438. The van der Waals surface area contributed by atoms with Gasteiger partial charge in [0.25, 0.3) is 0 Å². The average molecular weight is 407 g/mol. The molecule has 28 heavy (non-hydrogen) atoms. The molecule has 0 saturated carbocycles. The van der Waals surface area contributed by atoms with Gasteiger partial charge in [-0.05, 0) is 31.0 Å². The monoisotopic (exact) mass is 406 g/mol. The van der Waals surface area contributed by atoms with Crippen molar-refractivity contribution in [3.63, 3.8) is 0 Å². The highest BCUT2D eigenvalue weighted by Crippen LogP contribution is 2.29. The van der Waals surface area contributed by atoms with Crippen LogP contribution < -0.4 is 20.1 Å². The van der Waals surface area contributed by atoms with Crippen LogP contribution in [0.5, 0.6) is 11.5 Å². The molecule has 0 saturated heterocycles. The first-order valence-corrected chi connectivity index (χ1v) is 10.2. The van der Waals surface area contributed by atoms with Crippen molar-refractivity contribution < 1.29 is 14.6 Å². The van der Waals surface area contributed by atoms with Crippen LogP contribution in [0.1, 0.15) is 49.1 Å². The Bertz CT molecular complexity index is 777. The standard InChI is InChI=1S/C20H30N4O3S/c1-6-21-20(23-11-19-24-16(12-28-19)13(2)3)22-10-17(25)15-9-14(26-4)7-8-18(15)27-5/h7-9,12-13,17,25H,6,10-11H2,1-5H3,(H2,21,22,23). The molecule has 1 unspecified atom stereocenters. The number of aliphatic imine (C=N–C) groups is 1. The number of nitrogens with one attached hydrogen (secondary N) is 2. The molecule has 0 fully saturated rings. The van der Waals surface area contributed by atoms with Crippen molar-refractivity contribution in [3.8, 4) is 11.5 Å². The third kappa shape index (κ3) is 6.10. The van der Waals surface area contributed by atoms with Crippen molar-refractivity contribution in [2.45, 2.75) is 39.3 Å². The second kappa shape index (κ2) is 10.9. The fourth-order valence-corrected chi connectivity index (χ4v) is 3.43. The van der Waals surface area contributed by atoms with Crippen LogP contribution in [0.2, 0.25) is 0 Å². The second-order valence-corrected chi connectivity index (χ2v) is 7.46. The van der Waals surface area contributed by atoms with E-state index in [2.05, 4.69) is 39.8 Å². The van der Waals surface area contributed by atoms with Crippen LogP contribution in [-0.2, 0) is 6.54 Å². The summed E-state index contributed by atoms with van der Waals surface area (Å²) in [6, 6.07) is 5.36. The van der Waals surface area contributed by atoms with E-state index in [9.17, 15) is 5.11 Å². The first-order chi connectivity index (χ1) is 13.5. The topological polar surface area (TPSA) is 88.0 Å². The maximum absolute atomic E-state index is 10.6. The Morgan fingerprint density at radius 2 is 2.04 bits per heavy atom. The highest BCUT2D eigenvalue weighted by atomic mass is 32.1. The SMILES string of the molecule is CCNC(=NCc1nc(C(C)C)cs1)NCC(O)c1cc(OC)ccc1OC. The van der Waals surface area contributed by atoms with E-state index in [1.165, 1.54) is 0 Å². The van der Waals surface area contributed by atoms with Crippen molar-refractivity contribution in [3.05, 3.63) is 39.8 Å². The number of rotatable bonds is 9. The average Bonchev–Trinajstić information content (AvgIpc) is 3.18. The van der Waals surface area contributed by atoms with Gasteiger partial charge in [0.05, 0.1) is 32.6 Å². The number of hydrogen-bond donors (Lipinski definition) is 3. The van der Waals surface area contributed by atoms with E-state index in [4.69, 9.17) is 9.47 Å². The third-order valence-electron chi connectivity index (χ3n) is 4.14. The summed E-state index contributed by atoms with van der Waals surface area (Å²) in [4.78, 5) is 9.18. The third-order valence-corrected chi connectivity index (χ3v) is 4.99. The molecule has 0 spiro atoms. The zero-order valence-corrected chi connectivity index (χ0v) is 18.0. The predicted octanol–water partition coefficient (Wildman–Crippen LogP) is 3.07. The number of nitrogens with zero attached hydrogens (tertiary/aromatic N) is 2. The summed E-state index contributed by atoms with van der Waals surface area (Å²) in [5.41, 5.74) is 1.75. The van der Waals surface area contributed by atoms with Crippen molar-refractivity contribution >= 4 is 17.3 Å². The Kier molecular flexibility index (Phi) is 8.53. The van der Waals surface area contributed by atoms with Crippen LogP contribution in [0, 0.1) is 0 Å². The van der Waals surface area contributed by atoms with Crippen LogP contribution in [0.3, 0.4) is 0 Å². The molecule has 1 aromatic heterocycles. The summed E-state index contributed by atoms with van der Waals surface area (Å²) >= 11 is 1.61. The normalized spacial score (nSPS) is 12.8. The molecule has 0 aliphatic heterocycles. The molecule has 0 aliphatic carbocycles. The van der Waals surface area contributed by atoms with Crippen molar-refractivity contribution in [2.24, 2.45) is 4.99 Å². The molecule has 0 bridgehead atoms. The number of aromatic nitrogens is 1. The zero-order valence-electron chi connectivity index (χ0n) is 17.2. The minimum Gasteiger partial charge on any atom is -0.497 e.